The van der Waals surface area contributed by atoms with Gasteiger partial charge >= 0.3 is 0 Å². The van der Waals surface area contributed by atoms with Crippen LogP contribution >= 0.6 is 12.6 Å². The maximum Gasteiger partial charge on any atom is 0.0492 e. The third-order valence-electron chi connectivity index (χ3n) is 3.07. The second kappa shape index (κ2) is 3.56. The standard InChI is InChI=1S/C14H13NS/c1-2-15-13-6-4-3-5-11(13)12-9-10(16)7-8-14(12)15/h3-9,16H,2H2,1H3. The van der Waals surface area contributed by atoms with Gasteiger partial charge in [0.25, 0.3) is 0 Å². The number of rotatable bonds is 1. The Hall–Kier alpha value is -1.41. The summed E-state index contributed by atoms with van der Waals surface area (Å²) >= 11 is 4.42. The van der Waals surface area contributed by atoms with Crippen molar-refractivity contribution in [1.29, 1.82) is 0 Å². The van der Waals surface area contributed by atoms with E-state index in [0.29, 0.717) is 0 Å². The molecule has 0 N–H and O–H groups in total. The summed E-state index contributed by atoms with van der Waals surface area (Å²) in [5.41, 5.74) is 2.60. The first-order valence-electron chi connectivity index (χ1n) is 5.51. The van der Waals surface area contributed by atoms with Crippen LogP contribution in [-0.2, 0) is 6.54 Å². The fraction of sp³-hybridized carbons (Fsp3) is 0.143. The van der Waals surface area contributed by atoms with Crippen LogP contribution in [0.1, 0.15) is 6.92 Å². The van der Waals surface area contributed by atoms with Crippen LogP contribution in [0.5, 0.6) is 0 Å². The number of aromatic nitrogens is 1. The second-order valence-corrected chi connectivity index (χ2v) is 4.48. The Morgan fingerprint density at radius 1 is 1.00 bits per heavy atom. The number of hydrogen-bond acceptors (Lipinski definition) is 1. The Morgan fingerprint density at radius 3 is 2.56 bits per heavy atom. The summed E-state index contributed by atoms with van der Waals surface area (Å²) in [4.78, 5) is 1.02. The van der Waals surface area contributed by atoms with E-state index in [0.717, 1.165) is 11.4 Å². The van der Waals surface area contributed by atoms with Crippen molar-refractivity contribution in [1.82, 2.24) is 4.57 Å². The molecule has 0 amide bonds. The van der Waals surface area contributed by atoms with Crippen molar-refractivity contribution in [3.05, 3.63) is 42.5 Å². The molecule has 2 heteroatoms. The van der Waals surface area contributed by atoms with Gasteiger partial charge in [0.1, 0.15) is 0 Å². The lowest BCUT2D eigenvalue weighted by Crippen LogP contribution is -1.92. The van der Waals surface area contributed by atoms with Crippen molar-refractivity contribution in [3.8, 4) is 0 Å². The smallest absolute Gasteiger partial charge is 0.0492 e. The molecule has 0 fully saturated rings. The molecule has 0 unspecified atom stereocenters. The van der Waals surface area contributed by atoms with Gasteiger partial charge in [0.2, 0.25) is 0 Å². The highest BCUT2D eigenvalue weighted by Gasteiger charge is 2.08. The Labute approximate surface area is 100 Å². The number of thiol groups is 1. The Balaban J connectivity index is 2.59. The molecule has 1 nitrogen and oxygen atoms in total. The number of para-hydroxylation sites is 1. The van der Waals surface area contributed by atoms with Crippen LogP contribution in [0.4, 0.5) is 0 Å². The molecule has 1 heterocycles. The van der Waals surface area contributed by atoms with Gasteiger partial charge < -0.3 is 4.57 Å². The van der Waals surface area contributed by atoms with E-state index in [4.69, 9.17) is 0 Å². The van der Waals surface area contributed by atoms with Crippen LogP contribution in [0.3, 0.4) is 0 Å². The lowest BCUT2D eigenvalue weighted by atomic mass is 10.1. The molecule has 3 aromatic rings. The molecule has 1 aromatic heterocycles. The number of aryl methyl sites for hydroxylation is 1. The molecular formula is C14H13NS. The van der Waals surface area contributed by atoms with Crippen molar-refractivity contribution < 1.29 is 0 Å². The van der Waals surface area contributed by atoms with Crippen molar-refractivity contribution >= 4 is 34.4 Å². The van der Waals surface area contributed by atoms with Crippen LogP contribution in [0.2, 0.25) is 0 Å². The van der Waals surface area contributed by atoms with Crippen LogP contribution in [-0.4, -0.2) is 4.57 Å². The normalized spacial score (nSPS) is 11.4. The number of nitrogens with zero attached hydrogens (tertiary/aromatic N) is 1. The van der Waals surface area contributed by atoms with Crippen LogP contribution in [0.25, 0.3) is 21.8 Å². The maximum atomic E-state index is 4.42. The highest BCUT2D eigenvalue weighted by atomic mass is 32.1. The lowest BCUT2D eigenvalue weighted by molar-refractivity contribution is 0.827. The van der Waals surface area contributed by atoms with E-state index < -0.39 is 0 Å². The van der Waals surface area contributed by atoms with Crippen LogP contribution < -0.4 is 0 Å². The molecule has 0 saturated carbocycles. The van der Waals surface area contributed by atoms with Gasteiger partial charge in [-0.1, -0.05) is 18.2 Å². The molecular weight excluding hydrogens is 214 g/mol. The molecule has 0 aliphatic carbocycles. The van der Waals surface area contributed by atoms with Gasteiger partial charge in [-0.15, -0.1) is 12.6 Å². The SMILES string of the molecule is CCn1c2ccccc2c2cc(S)ccc21. The summed E-state index contributed by atoms with van der Waals surface area (Å²) in [6.07, 6.45) is 0. The van der Waals surface area contributed by atoms with E-state index >= 15 is 0 Å². The number of benzene rings is 2. The molecule has 0 radical (unpaired) electrons. The first-order chi connectivity index (χ1) is 7.81. The molecule has 3 rings (SSSR count). The zero-order valence-corrected chi connectivity index (χ0v) is 10.0. The molecule has 0 spiro atoms. The largest absolute Gasteiger partial charge is 0.341 e. The highest BCUT2D eigenvalue weighted by Crippen LogP contribution is 2.30. The molecule has 0 aliphatic heterocycles. The zero-order chi connectivity index (χ0) is 11.1. The van der Waals surface area contributed by atoms with E-state index in [1.165, 1.54) is 21.8 Å². The quantitative estimate of drug-likeness (QED) is 0.597. The third-order valence-corrected chi connectivity index (χ3v) is 3.35. The predicted molar refractivity (Wildman–Crippen MR) is 72.4 cm³/mol. The first kappa shape index (κ1) is 9.79. The van der Waals surface area contributed by atoms with Crippen LogP contribution in [0.15, 0.2) is 47.4 Å². The summed E-state index contributed by atoms with van der Waals surface area (Å²) in [6.45, 7) is 3.18. The number of hydrogen-bond donors (Lipinski definition) is 1. The first-order valence-corrected chi connectivity index (χ1v) is 5.96. The van der Waals surface area contributed by atoms with Gasteiger partial charge in [-0.05, 0) is 31.2 Å². The Bertz CT molecular complexity index is 667. The Morgan fingerprint density at radius 2 is 1.75 bits per heavy atom. The van der Waals surface area contributed by atoms with Crippen LogP contribution in [0, 0.1) is 0 Å². The fourth-order valence-corrected chi connectivity index (χ4v) is 2.59. The van der Waals surface area contributed by atoms with Gasteiger partial charge in [-0.3, -0.25) is 0 Å². The van der Waals surface area contributed by atoms with E-state index in [1.54, 1.807) is 0 Å². The summed E-state index contributed by atoms with van der Waals surface area (Å²) in [5.74, 6) is 0. The molecule has 0 aliphatic rings. The molecule has 0 saturated heterocycles. The van der Waals surface area contributed by atoms with E-state index in [-0.39, 0.29) is 0 Å². The topological polar surface area (TPSA) is 4.93 Å². The zero-order valence-electron chi connectivity index (χ0n) is 9.14. The average Bonchev–Trinajstić information content (AvgIpc) is 2.62. The van der Waals surface area contributed by atoms with Gasteiger partial charge in [0, 0.05) is 33.2 Å². The maximum absolute atomic E-state index is 4.42. The summed E-state index contributed by atoms with van der Waals surface area (Å²) < 4.78 is 2.35. The number of fused-ring (bicyclic) bond motifs is 3. The summed E-state index contributed by atoms with van der Waals surface area (Å²) in [5, 5.41) is 2.61. The minimum absolute atomic E-state index is 0.996. The minimum atomic E-state index is 0.996. The minimum Gasteiger partial charge on any atom is -0.341 e. The molecule has 16 heavy (non-hydrogen) atoms. The van der Waals surface area contributed by atoms with Gasteiger partial charge in [-0.25, -0.2) is 0 Å². The monoisotopic (exact) mass is 227 g/mol. The van der Waals surface area contributed by atoms with Crippen molar-refractivity contribution in [2.24, 2.45) is 0 Å². The van der Waals surface area contributed by atoms with Crippen molar-refractivity contribution in [2.45, 2.75) is 18.4 Å². The van der Waals surface area contributed by atoms with E-state index in [1.807, 2.05) is 0 Å². The van der Waals surface area contributed by atoms with E-state index in [9.17, 15) is 0 Å². The Kier molecular flexibility index (Phi) is 2.18. The molecule has 2 aromatic carbocycles. The predicted octanol–water partition coefficient (Wildman–Crippen LogP) is 4.10. The van der Waals surface area contributed by atoms with Gasteiger partial charge in [0.15, 0.2) is 0 Å². The van der Waals surface area contributed by atoms with E-state index in [2.05, 4.69) is 66.6 Å². The van der Waals surface area contributed by atoms with Gasteiger partial charge in [-0.2, -0.15) is 0 Å². The highest BCUT2D eigenvalue weighted by molar-refractivity contribution is 7.80. The van der Waals surface area contributed by atoms with Crippen molar-refractivity contribution in [3.63, 3.8) is 0 Å². The van der Waals surface area contributed by atoms with Gasteiger partial charge in [0.05, 0.1) is 0 Å². The fourth-order valence-electron chi connectivity index (χ4n) is 2.38. The summed E-state index contributed by atoms with van der Waals surface area (Å²) in [6, 6.07) is 14.9. The second-order valence-electron chi connectivity index (χ2n) is 3.96. The third kappa shape index (κ3) is 1.26. The lowest BCUT2D eigenvalue weighted by Gasteiger charge is -2.02. The summed E-state index contributed by atoms with van der Waals surface area (Å²) in [7, 11) is 0. The molecule has 0 bridgehead atoms. The molecule has 80 valence electrons. The average molecular weight is 227 g/mol. The molecule has 0 atom stereocenters. The van der Waals surface area contributed by atoms with Crippen molar-refractivity contribution in [2.75, 3.05) is 0 Å².